The summed E-state index contributed by atoms with van der Waals surface area (Å²) in [6, 6.07) is 0. The first kappa shape index (κ1) is 20.9. The van der Waals surface area contributed by atoms with Crippen LogP contribution in [-0.4, -0.2) is 43.7 Å². The Morgan fingerprint density at radius 3 is 0.706 bits per heavy atom. The Bertz CT molecular complexity index is 261. The molecule has 0 saturated carbocycles. The van der Waals surface area contributed by atoms with E-state index in [1.807, 2.05) is 0 Å². The SMILES string of the molecule is CC(=NO)C(C)=NO.CC(=NO)C(C)=NO.[Pd+2]. The van der Waals surface area contributed by atoms with Crippen LogP contribution >= 0.6 is 0 Å². The molecule has 9 heteroatoms. The Morgan fingerprint density at radius 1 is 0.529 bits per heavy atom. The second-order valence-corrected chi connectivity index (χ2v) is 2.74. The van der Waals surface area contributed by atoms with Crippen LogP contribution in [-0.2, 0) is 20.4 Å². The third kappa shape index (κ3) is 10.8. The van der Waals surface area contributed by atoms with Gasteiger partial charge in [0, 0.05) is 0 Å². The standard InChI is InChI=1S/2C4H8N2O2.Pd/c2*1-3(5-7)4(2)6-8;/h2*7-8H,1-2H3;/q;;+2. The van der Waals surface area contributed by atoms with Crippen molar-refractivity contribution in [1.82, 2.24) is 0 Å². The Kier molecular flexibility index (Phi) is 15.5. The van der Waals surface area contributed by atoms with Crippen molar-refractivity contribution < 1.29 is 41.3 Å². The predicted molar refractivity (Wildman–Crippen MR) is 59.6 cm³/mol. The van der Waals surface area contributed by atoms with E-state index in [-0.39, 0.29) is 20.4 Å². The molecule has 0 atom stereocenters. The predicted octanol–water partition coefficient (Wildman–Crippen LogP) is 1.37. The number of nitrogens with zero attached hydrogens (tertiary/aromatic N) is 4. The zero-order valence-electron chi connectivity index (χ0n) is 9.89. The molecule has 0 aromatic heterocycles. The number of hydrogen-bond donors (Lipinski definition) is 4. The largest absolute Gasteiger partial charge is 2.00 e. The fourth-order valence-electron chi connectivity index (χ4n) is 0.289. The van der Waals surface area contributed by atoms with Crippen LogP contribution in [0.3, 0.4) is 0 Å². The van der Waals surface area contributed by atoms with E-state index >= 15 is 0 Å². The van der Waals surface area contributed by atoms with Crippen LogP contribution in [0.5, 0.6) is 0 Å². The fourth-order valence-corrected chi connectivity index (χ4v) is 0.289. The third-order valence-corrected chi connectivity index (χ3v) is 1.65. The first-order valence-corrected chi connectivity index (χ1v) is 4.19. The van der Waals surface area contributed by atoms with Crippen LogP contribution in [0.1, 0.15) is 27.7 Å². The van der Waals surface area contributed by atoms with Gasteiger partial charge < -0.3 is 20.8 Å². The molecule has 0 aliphatic heterocycles. The van der Waals surface area contributed by atoms with Gasteiger partial charge in [-0.15, -0.1) is 0 Å². The number of hydrogen-bond acceptors (Lipinski definition) is 8. The second kappa shape index (κ2) is 12.6. The number of rotatable bonds is 2. The van der Waals surface area contributed by atoms with Gasteiger partial charge >= 0.3 is 20.4 Å². The quantitative estimate of drug-likeness (QED) is 0.262. The summed E-state index contributed by atoms with van der Waals surface area (Å²) >= 11 is 0. The van der Waals surface area contributed by atoms with Gasteiger partial charge in [0.25, 0.3) is 0 Å². The van der Waals surface area contributed by atoms with Crippen molar-refractivity contribution in [3.05, 3.63) is 0 Å². The molecule has 0 bridgehead atoms. The zero-order valence-corrected chi connectivity index (χ0v) is 11.4. The summed E-state index contributed by atoms with van der Waals surface area (Å²) in [4.78, 5) is 0. The first-order valence-electron chi connectivity index (χ1n) is 4.19. The Labute approximate surface area is 113 Å². The van der Waals surface area contributed by atoms with E-state index in [0.29, 0.717) is 22.8 Å². The van der Waals surface area contributed by atoms with E-state index in [4.69, 9.17) is 20.8 Å². The van der Waals surface area contributed by atoms with E-state index in [2.05, 4.69) is 20.6 Å². The summed E-state index contributed by atoms with van der Waals surface area (Å²) in [6.07, 6.45) is 0. The van der Waals surface area contributed by atoms with Crippen molar-refractivity contribution in [2.24, 2.45) is 20.6 Å². The van der Waals surface area contributed by atoms with Gasteiger partial charge in [-0.05, 0) is 27.7 Å². The van der Waals surface area contributed by atoms with Gasteiger partial charge in [-0.1, -0.05) is 20.6 Å². The molecule has 17 heavy (non-hydrogen) atoms. The minimum atomic E-state index is 0. The minimum absolute atomic E-state index is 0. The van der Waals surface area contributed by atoms with Crippen LogP contribution in [0.25, 0.3) is 0 Å². The van der Waals surface area contributed by atoms with Crippen molar-refractivity contribution in [2.75, 3.05) is 0 Å². The van der Waals surface area contributed by atoms with Crippen LogP contribution in [0.4, 0.5) is 0 Å². The van der Waals surface area contributed by atoms with Crippen molar-refractivity contribution in [3.63, 3.8) is 0 Å². The van der Waals surface area contributed by atoms with E-state index in [1.54, 1.807) is 0 Å². The molecule has 0 aromatic rings. The summed E-state index contributed by atoms with van der Waals surface area (Å²) in [5, 5.41) is 43.3. The van der Waals surface area contributed by atoms with Crippen LogP contribution < -0.4 is 0 Å². The van der Waals surface area contributed by atoms with Gasteiger partial charge in [-0.3, -0.25) is 0 Å². The molecule has 0 radical (unpaired) electrons. The summed E-state index contributed by atoms with van der Waals surface area (Å²) in [5.74, 6) is 0. The summed E-state index contributed by atoms with van der Waals surface area (Å²) in [5.41, 5.74) is 1.25. The molecule has 0 aromatic carbocycles. The fraction of sp³-hybridized carbons (Fsp3) is 0.500. The first-order chi connectivity index (χ1) is 7.44. The third-order valence-electron chi connectivity index (χ3n) is 1.65. The van der Waals surface area contributed by atoms with Gasteiger partial charge in [0.05, 0.1) is 0 Å². The molecule has 0 unspecified atom stereocenters. The zero-order chi connectivity index (χ0) is 13.1. The van der Waals surface area contributed by atoms with Crippen LogP contribution in [0.15, 0.2) is 20.6 Å². The average Bonchev–Trinajstić information content (AvgIpc) is 2.35. The van der Waals surface area contributed by atoms with E-state index in [1.165, 1.54) is 27.7 Å². The van der Waals surface area contributed by atoms with Crippen molar-refractivity contribution in [3.8, 4) is 0 Å². The van der Waals surface area contributed by atoms with Crippen molar-refractivity contribution >= 4 is 22.8 Å². The average molecular weight is 339 g/mol. The molecule has 4 N–H and O–H groups in total. The maximum Gasteiger partial charge on any atom is 2.00 e. The number of oxime groups is 4. The minimum Gasteiger partial charge on any atom is -0.411 e. The molecular formula is C8H16N4O4Pd+2. The monoisotopic (exact) mass is 338 g/mol. The Morgan fingerprint density at radius 2 is 0.647 bits per heavy atom. The molecule has 0 aliphatic rings. The summed E-state index contributed by atoms with van der Waals surface area (Å²) in [6.45, 7) is 6.15. The maximum absolute atomic E-state index is 8.03. The molecule has 8 nitrogen and oxygen atoms in total. The van der Waals surface area contributed by atoms with E-state index < -0.39 is 0 Å². The maximum atomic E-state index is 8.03. The molecule has 0 amide bonds. The molecule has 0 spiro atoms. The smallest absolute Gasteiger partial charge is 0.411 e. The van der Waals surface area contributed by atoms with Gasteiger partial charge in [-0.2, -0.15) is 0 Å². The van der Waals surface area contributed by atoms with Gasteiger partial charge in [-0.25, -0.2) is 0 Å². The van der Waals surface area contributed by atoms with Gasteiger partial charge in [0.1, 0.15) is 22.8 Å². The molecule has 0 saturated heterocycles. The van der Waals surface area contributed by atoms with Crippen LogP contribution in [0, 0.1) is 0 Å². The molecule has 0 aliphatic carbocycles. The molecule has 0 fully saturated rings. The normalized spacial score (nSPS) is 13.4. The summed E-state index contributed by atoms with van der Waals surface area (Å²) in [7, 11) is 0. The van der Waals surface area contributed by atoms with Crippen molar-refractivity contribution in [1.29, 1.82) is 0 Å². The Balaban J connectivity index is -0.000000218. The molecule has 0 heterocycles. The molecule has 100 valence electrons. The van der Waals surface area contributed by atoms with E-state index in [9.17, 15) is 0 Å². The van der Waals surface area contributed by atoms with E-state index in [0.717, 1.165) is 0 Å². The second-order valence-electron chi connectivity index (χ2n) is 2.74. The van der Waals surface area contributed by atoms with Gasteiger partial charge in [0.2, 0.25) is 0 Å². The topological polar surface area (TPSA) is 130 Å². The van der Waals surface area contributed by atoms with Crippen molar-refractivity contribution in [2.45, 2.75) is 27.7 Å². The Hall–Kier alpha value is -1.46. The molecule has 0 rings (SSSR count). The molecular weight excluding hydrogens is 323 g/mol. The summed E-state index contributed by atoms with van der Waals surface area (Å²) < 4.78 is 0. The van der Waals surface area contributed by atoms with Crippen LogP contribution in [0.2, 0.25) is 0 Å². The van der Waals surface area contributed by atoms with Gasteiger partial charge in [0.15, 0.2) is 0 Å².